The van der Waals surface area contributed by atoms with Gasteiger partial charge in [-0.05, 0) is 49.2 Å². The lowest BCUT2D eigenvalue weighted by Crippen LogP contribution is -2.40. The van der Waals surface area contributed by atoms with Crippen LogP contribution in [0.4, 0.5) is 0 Å². The maximum absolute atomic E-state index is 13.1. The Hall–Kier alpha value is -3.10. The minimum atomic E-state index is -0.510. The van der Waals surface area contributed by atoms with Gasteiger partial charge in [0.1, 0.15) is 0 Å². The zero-order valence-corrected chi connectivity index (χ0v) is 19.4. The van der Waals surface area contributed by atoms with Gasteiger partial charge < -0.3 is 0 Å². The molecule has 7 atom stereocenters. The van der Waals surface area contributed by atoms with Crippen LogP contribution in [-0.4, -0.2) is 71.3 Å². The molecule has 3 aliphatic carbocycles. The lowest BCUT2D eigenvalue weighted by atomic mass is 9.59. The predicted molar refractivity (Wildman–Crippen MR) is 116 cm³/mol. The number of nitrogens with zero attached hydrogens (tertiary/aromatic N) is 3. The van der Waals surface area contributed by atoms with Gasteiger partial charge >= 0.3 is 0 Å². The van der Waals surface area contributed by atoms with E-state index in [-0.39, 0.29) is 47.3 Å². The summed E-state index contributed by atoms with van der Waals surface area (Å²) < 4.78 is 0. The Morgan fingerprint density at radius 3 is 1.79 bits per heavy atom. The van der Waals surface area contributed by atoms with Gasteiger partial charge in [0.25, 0.3) is 0 Å². The maximum atomic E-state index is 13.1. The van der Waals surface area contributed by atoms with Crippen molar-refractivity contribution in [2.75, 3.05) is 21.1 Å². The topological polar surface area (TPSA) is 112 Å². The van der Waals surface area contributed by atoms with Crippen molar-refractivity contribution < 1.29 is 28.8 Å². The van der Waals surface area contributed by atoms with E-state index in [9.17, 15) is 28.8 Å². The highest BCUT2D eigenvalue weighted by molar-refractivity contribution is 6.07. The van der Waals surface area contributed by atoms with Crippen molar-refractivity contribution in [2.45, 2.75) is 32.1 Å². The molecule has 178 valence electrons. The summed E-state index contributed by atoms with van der Waals surface area (Å²) in [5.41, 5.74) is 2.91. The molecule has 3 saturated heterocycles. The molecule has 3 heterocycles. The minimum absolute atomic E-state index is 0.152. The molecule has 4 fully saturated rings. The van der Waals surface area contributed by atoms with Gasteiger partial charge in [0.05, 0.1) is 35.5 Å². The van der Waals surface area contributed by atoms with Crippen molar-refractivity contribution >= 4 is 35.4 Å². The Labute approximate surface area is 196 Å². The van der Waals surface area contributed by atoms with Gasteiger partial charge in [0.15, 0.2) is 0 Å². The van der Waals surface area contributed by atoms with E-state index < -0.39 is 29.6 Å². The molecule has 0 spiro atoms. The number of likely N-dealkylation sites (tertiary alicyclic amines) is 3. The van der Waals surface area contributed by atoms with Crippen LogP contribution in [0.5, 0.6) is 0 Å². The Morgan fingerprint density at radius 2 is 1.12 bits per heavy atom. The van der Waals surface area contributed by atoms with E-state index in [0.29, 0.717) is 32.1 Å². The lowest BCUT2D eigenvalue weighted by Gasteiger charge is -2.42. The molecule has 6 amide bonds. The highest BCUT2D eigenvalue weighted by Crippen LogP contribution is 2.56. The second-order valence-electron chi connectivity index (χ2n) is 10.7. The number of hydrogen-bond acceptors (Lipinski definition) is 6. The number of rotatable bonds is 1. The average Bonchev–Trinajstić information content (AvgIpc) is 3.29. The summed E-state index contributed by atoms with van der Waals surface area (Å²) in [5.74, 6) is -4.10. The third kappa shape index (κ3) is 2.55. The first-order chi connectivity index (χ1) is 16.1. The molecule has 0 unspecified atom stereocenters. The first kappa shape index (κ1) is 21.4. The van der Waals surface area contributed by atoms with E-state index in [1.807, 2.05) is 6.08 Å². The van der Waals surface area contributed by atoms with E-state index in [0.717, 1.165) is 16.7 Å². The number of hydrogen-bond donors (Lipinski definition) is 0. The molecule has 0 aromatic heterocycles. The molecule has 1 saturated carbocycles. The SMILES string of the molecule is CN1C(=O)[C@@H]2[C@@H](CC(C3=CC[C@@H]4C(=O)N(C)C(=O)[C@@H]4C3)=C3C[C@H]4C(=O)N(C)C(=O)[C@H]4C[C@@H]32)C1=O. The van der Waals surface area contributed by atoms with E-state index in [4.69, 9.17) is 0 Å². The number of allylic oxidation sites excluding steroid dienone is 4. The summed E-state index contributed by atoms with van der Waals surface area (Å²) in [6, 6.07) is 0. The van der Waals surface area contributed by atoms with Gasteiger partial charge in [0.2, 0.25) is 35.4 Å². The summed E-state index contributed by atoms with van der Waals surface area (Å²) in [4.78, 5) is 80.4. The van der Waals surface area contributed by atoms with Crippen LogP contribution >= 0.6 is 0 Å². The third-order valence-electron chi connectivity index (χ3n) is 9.35. The summed E-state index contributed by atoms with van der Waals surface area (Å²) >= 11 is 0. The van der Waals surface area contributed by atoms with Gasteiger partial charge in [0, 0.05) is 21.1 Å². The molecular weight excluding hydrogens is 438 g/mol. The highest BCUT2D eigenvalue weighted by atomic mass is 16.2. The van der Waals surface area contributed by atoms with Gasteiger partial charge in [-0.15, -0.1) is 0 Å². The second-order valence-corrected chi connectivity index (χ2v) is 10.7. The van der Waals surface area contributed by atoms with Gasteiger partial charge in [-0.25, -0.2) is 0 Å². The van der Waals surface area contributed by atoms with Crippen molar-refractivity contribution in [2.24, 2.45) is 41.4 Å². The van der Waals surface area contributed by atoms with Crippen molar-refractivity contribution in [1.82, 2.24) is 14.7 Å². The monoisotopic (exact) mass is 465 g/mol. The van der Waals surface area contributed by atoms with Crippen LogP contribution in [-0.2, 0) is 28.8 Å². The zero-order chi connectivity index (χ0) is 24.2. The second kappa shape index (κ2) is 6.96. The molecule has 0 bridgehead atoms. The number of amides is 6. The van der Waals surface area contributed by atoms with Crippen LogP contribution in [0.1, 0.15) is 32.1 Å². The smallest absolute Gasteiger partial charge is 0.233 e. The van der Waals surface area contributed by atoms with Gasteiger partial charge in [-0.2, -0.15) is 0 Å². The zero-order valence-electron chi connectivity index (χ0n) is 19.4. The van der Waals surface area contributed by atoms with Crippen LogP contribution in [0.25, 0.3) is 0 Å². The summed E-state index contributed by atoms with van der Waals surface area (Å²) in [5, 5.41) is 0. The average molecular weight is 466 g/mol. The summed E-state index contributed by atoms with van der Waals surface area (Å²) in [7, 11) is 4.53. The molecule has 6 rings (SSSR count). The van der Waals surface area contributed by atoms with Crippen LogP contribution in [0, 0.1) is 41.4 Å². The van der Waals surface area contributed by atoms with Crippen molar-refractivity contribution in [1.29, 1.82) is 0 Å². The molecule has 0 aromatic rings. The Balaban J connectivity index is 1.44. The molecule has 6 aliphatic rings. The molecule has 34 heavy (non-hydrogen) atoms. The Morgan fingerprint density at radius 1 is 0.588 bits per heavy atom. The maximum Gasteiger partial charge on any atom is 0.233 e. The normalized spacial score (nSPS) is 39.6. The fourth-order valence-electron chi connectivity index (χ4n) is 7.50. The van der Waals surface area contributed by atoms with E-state index in [1.54, 1.807) is 0 Å². The fraction of sp³-hybridized carbons (Fsp3) is 0.600. The van der Waals surface area contributed by atoms with Gasteiger partial charge in [-0.3, -0.25) is 43.5 Å². The van der Waals surface area contributed by atoms with Crippen LogP contribution in [0.3, 0.4) is 0 Å². The van der Waals surface area contributed by atoms with Crippen LogP contribution in [0.2, 0.25) is 0 Å². The van der Waals surface area contributed by atoms with E-state index >= 15 is 0 Å². The number of imide groups is 3. The molecule has 3 aliphatic heterocycles. The molecule has 0 radical (unpaired) electrons. The quantitative estimate of drug-likeness (QED) is 0.522. The molecular formula is C25H27N3O6. The standard InChI is InChI=1S/C25H27N3O6/c1-26-20(29)11-5-4-10(6-15(11)21(26)30)12-7-18-19(25(34)28(3)24(18)33)14-9-17-16(8-13(12)14)22(31)27(2)23(17)32/h4,11,14-19H,5-9H2,1-3H3/t11-,14-,15+,16+,17-,18+,19-/m0/s1. The minimum Gasteiger partial charge on any atom is -0.285 e. The molecule has 0 N–H and O–H groups in total. The number of carbonyl (C=O) groups is 6. The van der Waals surface area contributed by atoms with Crippen molar-refractivity contribution in [3.8, 4) is 0 Å². The number of carbonyl (C=O) groups excluding carboxylic acids is 6. The first-order valence-corrected chi connectivity index (χ1v) is 12.0. The Kier molecular flexibility index (Phi) is 4.39. The van der Waals surface area contributed by atoms with Gasteiger partial charge in [-0.1, -0.05) is 11.6 Å². The predicted octanol–water partition coefficient (Wildman–Crippen LogP) is 0.510. The van der Waals surface area contributed by atoms with Crippen LogP contribution in [0.15, 0.2) is 22.8 Å². The fourth-order valence-corrected chi connectivity index (χ4v) is 7.50. The lowest BCUT2D eigenvalue weighted by molar-refractivity contribution is -0.140. The summed E-state index contributed by atoms with van der Waals surface area (Å²) in [6.45, 7) is 0. The number of fused-ring (bicyclic) bond motifs is 5. The Bertz CT molecular complexity index is 1170. The summed E-state index contributed by atoms with van der Waals surface area (Å²) in [6.07, 6.45) is 4.06. The van der Waals surface area contributed by atoms with Crippen molar-refractivity contribution in [3.63, 3.8) is 0 Å². The molecule has 9 heteroatoms. The largest absolute Gasteiger partial charge is 0.285 e. The van der Waals surface area contributed by atoms with E-state index in [2.05, 4.69) is 0 Å². The van der Waals surface area contributed by atoms with E-state index in [1.165, 1.54) is 35.8 Å². The first-order valence-electron chi connectivity index (χ1n) is 12.0. The molecule has 9 nitrogen and oxygen atoms in total. The molecule has 0 aromatic carbocycles. The highest BCUT2D eigenvalue weighted by Gasteiger charge is 2.59. The van der Waals surface area contributed by atoms with Crippen LogP contribution < -0.4 is 0 Å². The third-order valence-corrected chi connectivity index (χ3v) is 9.35. The van der Waals surface area contributed by atoms with Crippen molar-refractivity contribution in [3.05, 3.63) is 22.8 Å².